The van der Waals surface area contributed by atoms with Crippen LogP contribution in [-0.2, 0) is 33.4 Å². The van der Waals surface area contributed by atoms with Crippen LogP contribution in [0.1, 0.15) is 76.4 Å². The van der Waals surface area contributed by atoms with Crippen LogP contribution in [0.5, 0.6) is 17.2 Å². The normalized spacial score (nSPS) is 16.1. The van der Waals surface area contributed by atoms with Gasteiger partial charge in [0.2, 0.25) is 18.6 Å². The molecule has 326 valence electrons. The molecular weight excluding hydrogens is 826 g/mol. The smallest absolute Gasteiger partial charge is 0.264 e. The summed E-state index contributed by atoms with van der Waals surface area (Å²) in [5, 5.41) is 21.1. The van der Waals surface area contributed by atoms with Gasteiger partial charge in [-0.3, -0.25) is 38.7 Å². The molecule has 17 nitrogen and oxygen atoms in total. The summed E-state index contributed by atoms with van der Waals surface area (Å²) in [4.78, 5) is 81.3. The van der Waals surface area contributed by atoms with Crippen molar-refractivity contribution in [1.29, 1.82) is 0 Å². The molecule has 2 atom stereocenters. The van der Waals surface area contributed by atoms with Gasteiger partial charge in [0.25, 0.3) is 11.8 Å². The number of fused-ring (bicyclic) bond motifs is 3. The lowest BCUT2D eigenvalue weighted by atomic mass is 9.92. The number of ketones is 2. The first-order valence-electron chi connectivity index (χ1n) is 20.3. The second-order valence-electron chi connectivity index (χ2n) is 14.7. The number of ether oxygens (including phenoxy) is 5. The molecule has 4 amide bonds. The number of phenols is 1. The Bertz CT molecular complexity index is 2360. The molecule has 4 aromatic rings. The zero-order valence-corrected chi connectivity index (χ0v) is 34.5. The van der Waals surface area contributed by atoms with E-state index in [-0.39, 0.29) is 93.1 Å². The number of anilines is 1. The Kier molecular flexibility index (Phi) is 14.6. The minimum atomic E-state index is -0.929. The first kappa shape index (κ1) is 43.9. The monoisotopic (exact) mass is 871 g/mol. The van der Waals surface area contributed by atoms with E-state index in [2.05, 4.69) is 20.9 Å². The third-order valence-corrected chi connectivity index (χ3v) is 10.9. The van der Waals surface area contributed by atoms with Crippen molar-refractivity contribution < 1.29 is 57.6 Å². The highest BCUT2D eigenvalue weighted by Crippen LogP contribution is 2.41. The number of phenolic OH excluding ortho intramolecular Hbond substituents is 1. The van der Waals surface area contributed by atoms with E-state index in [0.717, 1.165) is 4.90 Å². The van der Waals surface area contributed by atoms with Crippen LogP contribution in [0.2, 0.25) is 5.02 Å². The Labute approximate surface area is 361 Å². The Hall–Kier alpha value is -6.14. The van der Waals surface area contributed by atoms with Crippen molar-refractivity contribution in [3.63, 3.8) is 0 Å². The number of hydrogen-bond donors (Lipinski definition) is 4. The molecule has 0 saturated heterocycles. The molecule has 0 spiro atoms. The molecule has 18 heteroatoms. The predicted octanol–water partition coefficient (Wildman–Crippen LogP) is 4.26. The number of aromatic hydroxyl groups is 1. The first-order chi connectivity index (χ1) is 30.1. The van der Waals surface area contributed by atoms with Gasteiger partial charge in [-0.25, -0.2) is 0 Å². The van der Waals surface area contributed by atoms with Crippen molar-refractivity contribution >= 4 is 63.4 Å². The van der Waals surface area contributed by atoms with E-state index >= 15 is 0 Å². The number of aromatic nitrogens is 1. The van der Waals surface area contributed by atoms with Gasteiger partial charge in [-0.15, -0.1) is 0 Å². The van der Waals surface area contributed by atoms with Gasteiger partial charge in [0, 0.05) is 55.2 Å². The molecule has 7 rings (SSSR count). The van der Waals surface area contributed by atoms with Crippen molar-refractivity contribution in [3.05, 3.63) is 88.1 Å². The third-order valence-electron chi connectivity index (χ3n) is 10.6. The van der Waals surface area contributed by atoms with Crippen LogP contribution >= 0.6 is 11.6 Å². The molecule has 0 bridgehead atoms. The second kappa shape index (κ2) is 20.6. The molecule has 4 N–H and O–H groups in total. The molecular formula is C44H46ClN5O12. The molecule has 0 radical (unpaired) electrons. The fraction of sp³-hybridized carbons (Fsp3) is 0.386. The average molecular weight is 872 g/mol. The van der Waals surface area contributed by atoms with Crippen molar-refractivity contribution in [2.45, 2.75) is 50.6 Å². The van der Waals surface area contributed by atoms with Crippen LogP contribution in [0.4, 0.5) is 5.69 Å². The summed E-state index contributed by atoms with van der Waals surface area (Å²) in [5.41, 5.74) is 2.20. The molecule has 3 heterocycles. The number of carbonyl (C=O) groups is 6. The minimum Gasteiger partial charge on any atom is -0.505 e. The number of amides is 4. The summed E-state index contributed by atoms with van der Waals surface area (Å²) in [6, 6.07) is 13.5. The lowest BCUT2D eigenvalue weighted by Gasteiger charge is -2.27. The van der Waals surface area contributed by atoms with Gasteiger partial charge >= 0.3 is 0 Å². The number of nitrogens with zero attached hydrogens (tertiary/aromatic N) is 2. The van der Waals surface area contributed by atoms with E-state index in [4.69, 9.17) is 35.3 Å². The van der Waals surface area contributed by atoms with Gasteiger partial charge in [0.05, 0.1) is 74.3 Å². The van der Waals surface area contributed by atoms with E-state index in [1.807, 2.05) is 0 Å². The van der Waals surface area contributed by atoms with Gasteiger partial charge in [-0.05, 0) is 60.9 Å². The van der Waals surface area contributed by atoms with Crippen LogP contribution in [0.25, 0.3) is 10.9 Å². The maximum atomic E-state index is 13.2. The number of imide groups is 1. The third kappa shape index (κ3) is 10.3. The van der Waals surface area contributed by atoms with Gasteiger partial charge < -0.3 is 44.7 Å². The highest BCUT2D eigenvalue weighted by molar-refractivity contribution is 6.35. The summed E-state index contributed by atoms with van der Waals surface area (Å²) in [6.45, 7) is 2.37. The van der Waals surface area contributed by atoms with Gasteiger partial charge in [-0.1, -0.05) is 23.7 Å². The number of rotatable bonds is 21. The summed E-state index contributed by atoms with van der Waals surface area (Å²) in [7, 11) is 0. The number of nitrogens with one attached hydrogen (secondary N) is 3. The lowest BCUT2D eigenvalue weighted by Crippen LogP contribution is -2.47. The summed E-state index contributed by atoms with van der Waals surface area (Å²) in [5.74, 6) is -1.24. The number of carbonyl (C=O) groups excluding carboxylic acids is 6. The van der Waals surface area contributed by atoms with Crippen molar-refractivity contribution in [2.24, 2.45) is 0 Å². The van der Waals surface area contributed by atoms with Crippen molar-refractivity contribution in [1.82, 2.24) is 20.5 Å². The Morgan fingerprint density at radius 1 is 0.871 bits per heavy atom. The SMILES string of the molecule is O=C1CCC(N2C(=O)c3cccc(NCCOCCOCCOCCC(=O)NCCCC(=O)NC(c4ccc5c(c4)OCO5)c4cc(Cl)c5cccnc5c4O)c3C2=O)C(=O)C1. The van der Waals surface area contributed by atoms with Crippen LogP contribution in [0.3, 0.4) is 0 Å². The van der Waals surface area contributed by atoms with E-state index < -0.39 is 29.7 Å². The van der Waals surface area contributed by atoms with Crippen LogP contribution in [-0.4, -0.2) is 116 Å². The molecule has 1 fully saturated rings. The molecule has 3 aromatic carbocycles. The zero-order chi connectivity index (χ0) is 43.6. The maximum absolute atomic E-state index is 13.2. The molecule has 1 saturated carbocycles. The summed E-state index contributed by atoms with van der Waals surface area (Å²) < 4.78 is 27.6. The van der Waals surface area contributed by atoms with Crippen molar-refractivity contribution in [2.75, 3.05) is 64.8 Å². The van der Waals surface area contributed by atoms with E-state index in [9.17, 15) is 33.9 Å². The quantitative estimate of drug-likeness (QED) is 0.0522. The van der Waals surface area contributed by atoms with E-state index in [1.165, 1.54) is 0 Å². The van der Waals surface area contributed by atoms with Crippen molar-refractivity contribution in [3.8, 4) is 17.2 Å². The summed E-state index contributed by atoms with van der Waals surface area (Å²) >= 11 is 6.58. The second-order valence-corrected chi connectivity index (χ2v) is 15.1. The minimum absolute atomic E-state index is 0.0779. The van der Waals surface area contributed by atoms with Crippen LogP contribution in [0.15, 0.2) is 60.8 Å². The molecule has 1 aromatic heterocycles. The Morgan fingerprint density at radius 2 is 1.65 bits per heavy atom. The van der Waals surface area contributed by atoms with Crippen LogP contribution in [0, 0.1) is 0 Å². The first-order valence-corrected chi connectivity index (χ1v) is 20.7. The average Bonchev–Trinajstić information content (AvgIpc) is 3.84. The van der Waals surface area contributed by atoms with Gasteiger partial charge in [-0.2, -0.15) is 0 Å². The number of halogens is 1. The zero-order valence-electron chi connectivity index (χ0n) is 33.7. The lowest BCUT2D eigenvalue weighted by molar-refractivity contribution is -0.132. The molecule has 62 heavy (non-hydrogen) atoms. The fourth-order valence-electron chi connectivity index (χ4n) is 7.49. The highest BCUT2D eigenvalue weighted by atomic mass is 35.5. The molecule has 2 unspecified atom stereocenters. The highest BCUT2D eigenvalue weighted by Gasteiger charge is 2.45. The predicted molar refractivity (Wildman–Crippen MR) is 223 cm³/mol. The van der Waals surface area contributed by atoms with Gasteiger partial charge in [0.1, 0.15) is 17.0 Å². The molecule has 2 aliphatic heterocycles. The largest absolute Gasteiger partial charge is 0.505 e. The number of hydrogen-bond acceptors (Lipinski definition) is 14. The van der Waals surface area contributed by atoms with Crippen LogP contribution < -0.4 is 25.4 Å². The Morgan fingerprint density at radius 3 is 2.45 bits per heavy atom. The topological polar surface area (TPSA) is 221 Å². The maximum Gasteiger partial charge on any atom is 0.264 e. The molecule has 3 aliphatic rings. The fourth-order valence-corrected chi connectivity index (χ4v) is 7.76. The molecule has 1 aliphatic carbocycles. The van der Waals surface area contributed by atoms with E-state index in [1.54, 1.807) is 60.8 Å². The number of benzene rings is 3. The summed E-state index contributed by atoms with van der Waals surface area (Å²) in [6.07, 6.45) is 2.18. The number of Topliss-reactive ketones (excluding diaryl/α,β-unsaturated/α-hetero) is 2. The standard InChI is InChI=1S/C44H46ClN5O12/c45-31-24-30(42(55)41-28(31)5-2-14-48-41)40(26-8-11-35-36(22-26)62-25-61-35)49-38(54)7-3-13-47-37(53)12-16-58-18-20-60-21-19-59-17-15-46-32-6-1-4-29-39(32)44(57)50(43(29)56)33-10-9-27(51)23-34(33)52/h1-2,4-6,8,11,14,22,24,33,40,46,55H,3,7,9-10,12-13,15-21,23,25H2,(H,47,53)(H,49,54). The number of pyridine rings is 1. The van der Waals surface area contributed by atoms with Gasteiger partial charge in [0.15, 0.2) is 17.3 Å². The van der Waals surface area contributed by atoms with E-state index in [0.29, 0.717) is 83.6 Å². The Balaban J connectivity index is 0.744.